The van der Waals surface area contributed by atoms with Crippen molar-refractivity contribution in [2.24, 2.45) is 5.92 Å². The number of fused-ring (bicyclic) bond motifs is 1. The molecule has 1 saturated carbocycles. The lowest BCUT2D eigenvalue weighted by atomic mass is 9.92. The molecule has 0 aromatic carbocycles. The van der Waals surface area contributed by atoms with Gasteiger partial charge in [-0.3, -0.25) is 0 Å². The molecule has 1 aliphatic carbocycles. The summed E-state index contributed by atoms with van der Waals surface area (Å²) >= 11 is 0. The third kappa shape index (κ3) is 3.07. The maximum absolute atomic E-state index is 10.9. The highest BCUT2D eigenvalue weighted by Crippen LogP contribution is 2.36. The zero-order valence-electron chi connectivity index (χ0n) is 10.6. The van der Waals surface area contributed by atoms with E-state index < -0.39 is 0 Å². The standard InChI is InChI=1S/C14H25NO/c1-12(16)6-2-3-10-15-11-5-8-13-7-4-9-14(13)15/h13-14H,2-11H2,1H3. The van der Waals surface area contributed by atoms with Crippen LogP contribution < -0.4 is 0 Å². The van der Waals surface area contributed by atoms with Crippen LogP contribution in [-0.2, 0) is 4.79 Å². The summed E-state index contributed by atoms with van der Waals surface area (Å²) in [7, 11) is 0. The first-order chi connectivity index (χ1) is 7.77. The van der Waals surface area contributed by atoms with Crippen molar-refractivity contribution in [3.05, 3.63) is 0 Å². The van der Waals surface area contributed by atoms with E-state index in [1.807, 2.05) is 0 Å². The number of likely N-dealkylation sites (tertiary alicyclic amines) is 1. The van der Waals surface area contributed by atoms with Crippen molar-refractivity contribution in [1.82, 2.24) is 4.90 Å². The van der Waals surface area contributed by atoms with Crippen molar-refractivity contribution in [1.29, 1.82) is 0 Å². The summed E-state index contributed by atoms with van der Waals surface area (Å²) in [6, 6.07) is 0.895. The van der Waals surface area contributed by atoms with E-state index in [-0.39, 0.29) is 0 Å². The van der Waals surface area contributed by atoms with Crippen LogP contribution in [0, 0.1) is 5.92 Å². The van der Waals surface area contributed by atoms with Crippen molar-refractivity contribution in [3.63, 3.8) is 0 Å². The average Bonchev–Trinajstić information content (AvgIpc) is 2.72. The van der Waals surface area contributed by atoms with E-state index in [0.717, 1.165) is 24.8 Å². The molecule has 92 valence electrons. The Hall–Kier alpha value is -0.370. The number of ketones is 1. The minimum Gasteiger partial charge on any atom is -0.300 e. The van der Waals surface area contributed by atoms with Crippen molar-refractivity contribution in [2.75, 3.05) is 13.1 Å². The van der Waals surface area contributed by atoms with Gasteiger partial charge >= 0.3 is 0 Å². The number of hydrogen-bond donors (Lipinski definition) is 0. The number of nitrogens with zero attached hydrogens (tertiary/aromatic N) is 1. The van der Waals surface area contributed by atoms with Gasteiger partial charge in [-0.1, -0.05) is 6.42 Å². The van der Waals surface area contributed by atoms with Gasteiger partial charge < -0.3 is 9.69 Å². The summed E-state index contributed by atoms with van der Waals surface area (Å²) in [6.07, 6.45) is 10.3. The number of carbonyl (C=O) groups excluding carboxylic acids is 1. The largest absolute Gasteiger partial charge is 0.300 e. The second-order valence-electron chi connectivity index (χ2n) is 5.60. The van der Waals surface area contributed by atoms with Crippen LogP contribution in [0.4, 0.5) is 0 Å². The molecule has 2 unspecified atom stereocenters. The number of rotatable bonds is 5. The lowest BCUT2D eigenvalue weighted by molar-refractivity contribution is -0.117. The van der Waals surface area contributed by atoms with Crippen LogP contribution in [0.5, 0.6) is 0 Å². The lowest BCUT2D eigenvalue weighted by Crippen LogP contribution is -2.42. The van der Waals surface area contributed by atoms with Crippen LogP contribution in [0.2, 0.25) is 0 Å². The van der Waals surface area contributed by atoms with Crippen LogP contribution in [0.3, 0.4) is 0 Å². The van der Waals surface area contributed by atoms with Gasteiger partial charge in [0.2, 0.25) is 0 Å². The third-order valence-electron chi connectivity index (χ3n) is 4.33. The van der Waals surface area contributed by atoms with Gasteiger partial charge in [-0.25, -0.2) is 0 Å². The Morgan fingerprint density at radius 2 is 2.00 bits per heavy atom. The van der Waals surface area contributed by atoms with Gasteiger partial charge in [-0.15, -0.1) is 0 Å². The smallest absolute Gasteiger partial charge is 0.129 e. The number of hydrogen-bond acceptors (Lipinski definition) is 2. The molecule has 0 N–H and O–H groups in total. The fourth-order valence-corrected chi connectivity index (χ4v) is 3.52. The van der Waals surface area contributed by atoms with Gasteiger partial charge in [0.1, 0.15) is 5.78 Å². The molecule has 2 heteroatoms. The fourth-order valence-electron chi connectivity index (χ4n) is 3.52. The Morgan fingerprint density at radius 1 is 1.19 bits per heavy atom. The number of piperidine rings is 1. The Bertz CT molecular complexity index is 239. The van der Waals surface area contributed by atoms with Crippen molar-refractivity contribution < 1.29 is 4.79 Å². The molecule has 1 aliphatic heterocycles. The Labute approximate surface area is 99.4 Å². The van der Waals surface area contributed by atoms with Gasteiger partial charge in [-0.2, -0.15) is 0 Å². The van der Waals surface area contributed by atoms with Gasteiger partial charge in [-0.05, 0) is 64.5 Å². The number of carbonyl (C=O) groups is 1. The van der Waals surface area contributed by atoms with E-state index in [9.17, 15) is 4.79 Å². The van der Waals surface area contributed by atoms with E-state index in [2.05, 4.69) is 4.90 Å². The molecule has 0 spiro atoms. The maximum Gasteiger partial charge on any atom is 0.129 e. The predicted molar refractivity (Wildman–Crippen MR) is 66.5 cm³/mol. The Balaban J connectivity index is 1.69. The molecule has 2 nitrogen and oxygen atoms in total. The van der Waals surface area contributed by atoms with Crippen molar-refractivity contribution in [2.45, 2.75) is 64.3 Å². The molecule has 1 heterocycles. The first-order valence-corrected chi connectivity index (χ1v) is 7.01. The average molecular weight is 223 g/mol. The molecular weight excluding hydrogens is 198 g/mol. The highest BCUT2D eigenvalue weighted by Gasteiger charge is 2.34. The summed E-state index contributed by atoms with van der Waals surface area (Å²) in [5, 5.41) is 0. The number of Topliss-reactive ketones (excluding diaryl/α,β-unsaturated/α-hetero) is 1. The summed E-state index contributed by atoms with van der Waals surface area (Å²) in [5.41, 5.74) is 0. The molecule has 0 amide bonds. The maximum atomic E-state index is 10.9. The summed E-state index contributed by atoms with van der Waals surface area (Å²) < 4.78 is 0. The minimum atomic E-state index is 0.345. The van der Waals surface area contributed by atoms with Crippen LogP contribution in [0.1, 0.15) is 58.3 Å². The van der Waals surface area contributed by atoms with Crippen LogP contribution in [0.25, 0.3) is 0 Å². The first kappa shape index (κ1) is 12.1. The predicted octanol–water partition coefficient (Wildman–Crippen LogP) is 3.01. The lowest BCUT2D eigenvalue weighted by Gasteiger charge is -2.37. The number of unbranched alkanes of at least 4 members (excludes halogenated alkanes) is 1. The molecule has 0 radical (unpaired) electrons. The highest BCUT2D eigenvalue weighted by molar-refractivity contribution is 5.75. The highest BCUT2D eigenvalue weighted by atomic mass is 16.1. The van der Waals surface area contributed by atoms with Crippen LogP contribution in [-0.4, -0.2) is 29.8 Å². The summed E-state index contributed by atoms with van der Waals surface area (Å²) in [4.78, 5) is 13.6. The molecule has 1 saturated heterocycles. The Morgan fingerprint density at radius 3 is 2.81 bits per heavy atom. The van der Waals surface area contributed by atoms with Gasteiger partial charge in [0, 0.05) is 12.5 Å². The topological polar surface area (TPSA) is 20.3 Å². The second-order valence-corrected chi connectivity index (χ2v) is 5.60. The molecule has 2 aliphatic rings. The van der Waals surface area contributed by atoms with Crippen molar-refractivity contribution in [3.8, 4) is 0 Å². The van der Waals surface area contributed by atoms with Crippen LogP contribution >= 0.6 is 0 Å². The zero-order chi connectivity index (χ0) is 11.4. The van der Waals surface area contributed by atoms with E-state index in [1.165, 1.54) is 51.6 Å². The third-order valence-corrected chi connectivity index (χ3v) is 4.33. The van der Waals surface area contributed by atoms with E-state index in [1.54, 1.807) is 6.92 Å². The van der Waals surface area contributed by atoms with Crippen molar-refractivity contribution >= 4 is 5.78 Å². The van der Waals surface area contributed by atoms with Gasteiger partial charge in [0.15, 0.2) is 0 Å². The molecule has 0 aromatic heterocycles. The SMILES string of the molecule is CC(=O)CCCCN1CCCC2CCCC21. The molecule has 2 rings (SSSR count). The first-order valence-electron chi connectivity index (χ1n) is 7.01. The normalized spacial score (nSPS) is 30.3. The molecule has 0 aromatic rings. The monoisotopic (exact) mass is 223 g/mol. The quantitative estimate of drug-likeness (QED) is 0.668. The fraction of sp³-hybridized carbons (Fsp3) is 0.929. The summed E-state index contributed by atoms with van der Waals surface area (Å²) in [6.45, 7) is 4.24. The van der Waals surface area contributed by atoms with E-state index in [0.29, 0.717) is 5.78 Å². The van der Waals surface area contributed by atoms with E-state index >= 15 is 0 Å². The van der Waals surface area contributed by atoms with Crippen LogP contribution in [0.15, 0.2) is 0 Å². The molecule has 2 fully saturated rings. The molecule has 16 heavy (non-hydrogen) atoms. The zero-order valence-corrected chi connectivity index (χ0v) is 10.6. The minimum absolute atomic E-state index is 0.345. The second kappa shape index (κ2) is 5.81. The molecule has 2 atom stereocenters. The molecular formula is C14H25NO. The van der Waals surface area contributed by atoms with Gasteiger partial charge in [0.05, 0.1) is 0 Å². The van der Waals surface area contributed by atoms with E-state index in [4.69, 9.17) is 0 Å². The van der Waals surface area contributed by atoms with Gasteiger partial charge in [0.25, 0.3) is 0 Å². The summed E-state index contributed by atoms with van der Waals surface area (Å²) in [5.74, 6) is 1.35. The Kier molecular flexibility index (Phi) is 4.39. The molecule has 0 bridgehead atoms.